The average Bonchev–Trinajstić information content (AvgIpc) is 3.46. The van der Waals surface area contributed by atoms with E-state index in [1.54, 1.807) is 34.9 Å². The Morgan fingerprint density at radius 1 is 1.13 bits per heavy atom. The van der Waals surface area contributed by atoms with Crippen LogP contribution in [0.2, 0.25) is 10.0 Å². The van der Waals surface area contributed by atoms with Crippen LogP contribution in [0.5, 0.6) is 0 Å². The lowest BCUT2D eigenvalue weighted by atomic mass is 10.2. The van der Waals surface area contributed by atoms with Crippen molar-refractivity contribution in [3.8, 4) is 11.3 Å². The molecule has 9 heteroatoms. The largest absolute Gasteiger partial charge is 0.333 e. The summed E-state index contributed by atoms with van der Waals surface area (Å²) in [7, 11) is -3.48. The van der Waals surface area contributed by atoms with Crippen molar-refractivity contribution >= 4 is 38.8 Å². The molecular weight excluding hydrogens is 450 g/mol. The molecule has 0 amide bonds. The highest BCUT2D eigenvalue weighted by Crippen LogP contribution is 2.31. The van der Waals surface area contributed by atoms with E-state index in [-0.39, 0.29) is 12.2 Å². The van der Waals surface area contributed by atoms with E-state index in [4.69, 9.17) is 23.2 Å². The number of benzene rings is 1. The van der Waals surface area contributed by atoms with E-state index >= 15 is 0 Å². The van der Waals surface area contributed by atoms with Crippen molar-refractivity contribution in [2.45, 2.75) is 24.6 Å². The van der Waals surface area contributed by atoms with Gasteiger partial charge < -0.3 is 4.57 Å². The Labute approximate surface area is 183 Å². The zero-order valence-electron chi connectivity index (χ0n) is 15.7. The first kappa shape index (κ1) is 21.0. The quantitative estimate of drug-likeness (QED) is 0.468. The number of ketones is 1. The SMILES string of the molecule is O=C(CS(=O)(=O)C1CC1)c1ccc(-c2cncc(F)c2)n1Cc1cc(Cl)ccc1Cl. The topological polar surface area (TPSA) is 69.0 Å². The number of hydrogen-bond acceptors (Lipinski definition) is 4. The second kappa shape index (κ2) is 8.13. The summed E-state index contributed by atoms with van der Waals surface area (Å²) in [5.74, 6) is -1.60. The molecule has 2 aromatic heterocycles. The van der Waals surface area contributed by atoms with Crippen LogP contribution in [0.15, 0.2) is 48.8 Å². The van der Waals surface area contributed by atoms with Gasteiger partial charge in [0.05, 0.1) is 22.8 Å². The Bertz CT molecular complexity index is 1240. The van der Waals surface area contributed by atoms with E-state index in [1.807, 2.05) is 0 Å². The van der Waals surface area contributed by atoms with Gasteiger partial charge >= 0.3 is 0 Å². The van der Waals surface area contributed by atoms with Gasteiger partial charge in [0.2, 0.25) is 0 Å². The molecule has 0 bridgehead atoms. The highest BCUT2D eigenvalue weighted by atomic mass is 35.5. The minimum Gasteiger partial charge on any atom is -0.333 e. The molecular formula is C21H17Cl2FN2O3S. The van der Waals surface area contributed by atoms with Crippen LogP contribution < -0.4 is 0 Å². The lowest BCUT2D eigenvalue weighted by Gasteiger charge is -2.15. The van der Waals surface area contributed by atoms with Crippen LogP contribution >= 0.6 is 23.2 Å². The molecule has 5 nitrogen and oxygen atoms in total. The van der Waals surface area contributed by atoms with Crippen molar-refractivity contribution in [1.82, 2.24) is 9.55 Å². The lowest BCUT2D eigenvalue weighted by molar-refractivity contribution is 0.101. The summed E-state index contributed by atoms with van der Waals surface area (Å²) in [6.45, 7) is 0.156. The molecule has 0 radical (unpaired) electrons. The molecule has 156 valence electrons. The van der Waals surface area contributed by atoms with Crippen LogP contribution in [-0.2, 0) is 16.4 Å². The molecule has 1 saturated carbocycles. The number of pyridine rings is 1. The van der Waals surface area contributed by atoms with E-state index in [9.17, 15) is 17.6 Å². The monoisotopic (exact) mass is 466 g/mol. The van der Waals surface area contributed by atoms with Gasteiger partial charge in [0.25, 0.3) is 0 Å². The van der Waals surface area contributed by atoms with Crippen molar-refractivity contribution in [2.24, 2.45) is 0 Å². The third-order valence-electron chi connectivity index (χ3n) is 4.97. The van der Waals surface area contributed by atoms with Gasteiger partial charge in [-0.05, 0) is 54.8 Å². The maximum absolute atomic E-state index is 13.8. The second-order valence-electron chi connectivity index (χ2n) is 7.25. The molecule has 4 rings (SSSR count). The van der Waals surface area contributed by atoms with Gasteiger partial charge in [-0.1, -0.05) is 23.2 Å². The van der Waals surface area contributed by atoms with Crippen LogP contribution in [0.4, 0.5) is 4.39 Å². The number of sulfone groups is 1. The fourth-order valence-corrected chi connectivity index (χ4v) is 5.30. The molecule has 0 aliphatic heterocycles. The number of aromatic nitrogens is 2. The maximum atomic E-state index is 13.8. The van der Waals surface area contributed by atoms with Crippen molar-refractivity contribution in [1.29, 1.82) is 0 Å². The summed E-state index contributed by atoms with van der Waals surface area (Å²) in [5, 5.41) is 0.485. The Hall–Kier alpha value is -2.22. The molecule has 0 atom stereocenters. The Morgan fingerprint density at radius 3 is 2.60 bits per heavy atom. The van der Waals surface area contributed by atoms with Gasteiger partial charge in [-0.25, -0.2) is 12.8 Å². The number of halogens is 3. The van der Waals surface area contributed by atoms with Gasteiger partial charge in [0, 0.05) is 28.4 Å². The van der Waals surface area contributed by atoms with Gasteiger partial charge in [0.1, 0.15) is 11.6 Å². The zero-order chi connectivity index (χ0) is 21.5. The van der Waals surface area contributed by atoms with Crippen LogP contribution in [0, 0.1) is 5.82 Å². The van der Waals surface area contributed by atoms with Gasteiger partial charge in [-0.15, -0.1) is 0 Å². The third-order valence-corrected chi connectivity index (χ3v) is 7.72. The zero-order valence-corrected chi connectivity index (χ0v) is 18.0. The predicted molar refractivity (Wildman–Crippen MR) is 114 cm³/mol. The fraction of sp³-hybridized carbons (Fsp3) is 0.238. The summed E-state index contributed by atoms with van der Waals surface area (Å²) in [6.07, 6.45) is 3.74. The molecule has 0 unspecified atom stereocenters. The fourth-order valence-electron chi connectivity index (χ4n) is 3.32. The van der Waals surface area contributed by atoms with E-state index < -0.39 is 32.4 Å². The number of rotatable bonds is 7. The summed E-state index contributed by atoms with van der Waals surface area (Å²) in [4.78, 5) is 16.8. The van der Waals surface area contributed by atoms with Crippen LogP contribution in [-0.4, -0.2) is 34.8 Å². The van der Waals surface area contributed by atoms with E-state index in [0.29, 0.717) is 39.7 Å². The molecule has 1 aromatic carbocycles. The van der Waals surface area contributed by atoms with E-state index in [0.717, 1.165) is 6.20 Å². The highest BCUT2D eigenvalue weighted by molar-refractivity contribution is 7.93. The van der Waals surface area contributed by atoms with E-state index in [2.05, 4.69) is 4.98 Å². The summed E-state index contributed by atoms with van der Waals surface area (Å²) in [6, 6.07) is 9.45. The number of Topliss-reactive ketones (excluding diaryl/α,β-unsaturated/α-hetero) is 1. The molecule has 0 spiro atoms. The first-order valence-corrected chi connectivity index (χ1v) is 11.7. The molecule has 3 aromatic rings. The van der Waals surface area contributed by atoms with E-state index in [1.165, 1.54) is 12.3 Å². The molecule has 1 aliphatic rings. The van der Waals surface area contributed by atoms with Crippen molar-refractivity contribution in [2.75, 3.05) is 5.75 Å². The minimum atomic E-state index is -3.48. The third kappa shape index (κ3) is 4.43. The first-order chi connectivity index (χ1) is 14.2. The predicted octanol–water partition coefficient (Wildman–Crippen LogP) is 4.80. The Balaban J connectivity index is 1.78. The molecule has 1 fully saturated rings. The highest BCUT2D eigenvalue weighted by Gasteiger charge is 2.37. The van der Waals surface area contributed by atoms with Gasteiger partial charge in [-0.2, -0.15) is 0 Å². The normalized spacial score (nSPS) is 14.1. The maximum Gasteiger partial charge on any atom is 0.194 e. The second-order valence-corrected chi connectivity index (χ2v) is 10.4. The standard InChI is InChI=1S/C21H17Cl2FN2O3S/c22-15-1-4-18(23)14(7-15)11-26-19(13-8-16(24)10-25-9-13)5-6-20(26)21(27)12-30(28,29)17-2-3-17/h1,4-10,17H,2-3,11-12H2. The molecule has 1 aliphatic carbocycles. The van der Waals surface area contributed by atoms with Crippen molar-refractivity contribution in [3.05, 3.63) is 75.9 Å². The first-order valence-electron chi connectivity index (χ1n) is 9.24. The lowest BCUT2D eigenvalue weighted by Crippen LogP contribution is -2.22. The van der Waals surface area contributed by atoms with Crippen LogP contribution in [0.3, 0.4) is 0 Å². The summed E-state index contributed by atoms with van der Waals surface area (Å²) in [5.41, 5.74) is 1.82. The average molecular weight is 467 g/mol. The van der Waals surface area contributed by atoms with Gasteiger partial charge in [0.15, 0.2) is 15.6 Å². The van der Waals surface area contributed by atoms with Crippen molar-refractivity contribution in [3.63, 3.8) is 0 Å². The molecule has 0 saturated heterocycles. The number of carbonyl (C=O) groups is 1. The molecule has 0 N–H and O–H groups in total. The summed E-state index contributed by atoms with van der Waals surface area (Å²) < 4.78 is 40.1. The number of nitrogens with zero attached hydrogens (tertiary/aromatic N) is 2. The van der Waals surface area contributed by atoms with Crippen LogP contribution in [0.25, 0.3) is 11.3 Å². The number of hydrogen-bond donors (Lipinski definition) is 0. The summed E-state index contributed by atoms with van der Waals surface area (Å²) >= 11 is 12.4. The Morgan fingerprint density at radius 2 is 1.90 bits per heavy atom. The minimum absolute atomic E-state index is 0.156. The smallest absolute Gasteiger partial charge is 0.194 e. The molecule has 2 heterocycles. The Kier molecular flexibility index (Phi) is 5.70. The molecule has 30 heavy (non-hydrogen) atoms. The van der Waals surface area contributed by atoms with Crippen molar-refractivity contribution < 1.29 is 17.6 Å². The van der Waals surface area contributed by atoms with Crippen LogP contribution in [0.1, 0.15) is 28.9 Å². The number of carbonyl (C=O) groups excluding carboxylic acids is 1. The van der Waals surface area contributed by atoms with Gasteiger partial charge in [-0.3, -0.25) is 9.78 Å².